The molecule has 0 spiro atoms. The number of hydrogen-bond acceptors (Lipinski definition) is 3. The monoisotopic (exact) mass is 414 g/mol. The first-order valence-electron chi connectivity index (χ1n) is 10.5. The Labute approximate surface area is 181 Å². The number of carbonyl (C=O) groups is 1. The van der Waals surface area contributed by atoms with E-state index < -0.39 is 0 Å². The third kappa shape index (κ3) is 12.9. The third-order valence-corrected chi connectivity index (χ3v) is 4.65. The van der Waals surface area contributed by atoms with Crippen LogP contribution in [-0.4, -0.2) is 18.9 Å². The lowest BCUT2D eigenvalue weighted by atomic mass is 10.0. The summed E-state index contributed by atoms with van der Waals surface area (Å²) >= 11 is 5.98. The summed E-state index contributed by atoms with van der Waals surface area (Å²) in [6.07, 6.45) is 16.9. The van der Waals surface area contributed by atoms with Gasteiger partial charge in [-0.05, 0) is 87.7 Å². The van der Waals surface area contributed by atoms with Gasteiger partial charge in [0.05, 0.1) is 0 Å². The molecule has 0 saturated carbocycles. The molecule has 0 aliphatic carbocycles. The molecule has 1 rings (SSSR count). The largest absolute Gasteiger partial charge is 0.368 e. The second-order valence-corrected chi connectivity index (χ2v) is 7.38. The maximum atomic E-state index is 10.9. The molecule has 0 aromatic heterocycles. The molecule has 0 atom stereocenters. The van der Waals surface area contributed by atoms with Crippen LogP contribution >= 0.6 is 11.6 Å². The zero-order valence-corrected chi connectivity index (χ0v) is 18.8. The Kier molecular flexibility index (Phi) is 13.6. The number of ketones is 1. The molecule has 0 fully saturated rings. The van der Waals surface area contributed by atoms with Gasteiger partial charge in [0.2, 0.25) is 0 Å². The van der Waals surface area contributed by atoms with E-state index in [1.807, 2.05) is 18.3 Å². The molecule has 3 nitrogen and oxygen atoms in total. The number of allylic oxidation sites excluding steroid dienone is 4. The van der Waals surface area contributed by atoms with Crippen molar-refractivity contribution in [2.75, 3.05) is 13.1 Å². The number of halogens is 1. The first-order valence-corrected chi connectivity index (χ1v) is 10.8. The van der Waals surface area contributed by atoms with Crippen molar-refractivity contribution >= 4 is 17.4 Å². The van der Waals surface area contributed by atoms with Crippen molar-refractivity contribution in [1.29, 1.82) is 0 Å². The highest BCUT2D eigenvalue weighted by molar-refractivity contribution is 6.30. The van der Waals surface area contributed by atoms with Gasteiger partial charge in [0, 0.05) is 11.2 Å². The Bertz CT molecular complexity index is 715. The lowest BCUT2D eigenvalue weighted by Crippen LogP contribution is -2.17. The normalized spacial score (nSPS) is 12.8. The SMILES string of the molecule is CC/C=C\C(=C/CCNCC/C(=C/NC=CC(C)=O)CC)Cc1ccc(Cl)cc1. The van der Waals surface area contributed by atoms with E-state index in [1.54, 1.807) is 13.1 Å². The van der Waals surface area contributed by atoms with Gasteiger partial charge in [0.25, 0.3) is 0 Å². The molecule has 0 radical (unpaired) electrons. The quantitative estimate of drug-likeness (QED) is 0.218. The number of rotatable bonds is 14. The van der Waals surface area contributed by atoms with Gasteiger partial charge in [0.1, 0.15) is 0 Å². The van der Waals surface area contributed by atoms with Gasteiger partial charge in [-0.2, -0.15) is 0 Å². The summed E-state index contributed by atoms with van der Waals surface area (Å²) in [5.41, 5.74) is 3.94. The van der Waals surface area contributed by atoms with Crippen molar-refractivity contribution in [3.05, 3.63) is 82.7 Å². The van der Waals surface area contributed by atoms with Gasteiger partial charge < -0.3 is 10.6 Å². The summed E-state index contributed by atoms with van der Waals surface area (Å²) in [6, 6.07) is 8.07. The smallest absolute Gasteiger partial charge is 0.154 e. The minimum absolute atomic E-state index is 0.0443. The molecule has 158 valence electrons. The highest BCUT2D eigenvalue weighted by Gasteiger charge is 1.98. The summed E-state index contributed by atoms with van der Waals surface area (Å²) in [7, 11) is 0. The van der Waals surface area contributed by atoms with E-state index in [0.29, 0.717) is 0 Å². The van der Waals surface area contributed by atoms with E-state index in [2.05, 4.69) is 54.8 Å². The maximum absolute atomic E-state index is 10.9. The number of carbonyl (C=O) groups excluding carboxylic acids is 1. The fraction of sp³-hybridized carbons (Fsp3) is 0.400. The summed E-state index contributed by atoms with van der Waals surface area (Å²) in [4.78, 5) is 10.9. The van der Waals surface area contributed by atoms with Gasteiger partial charge in [-0.15, -0.1) is 0 Å². The topological polar surface area (TPSA) is 41.1 Å². The van der Waals surface area contributed by atoms with Gasteiger partial charge in [-0.3, -0.25) is 4.79 Å². The van der Waals surface area contributed by atoms with Gasteiger partial charge >= 0.3 is 0 Å². The maximum Gasteiger partial charge on any atom is 0.154 e. The highest BCUT2D eigenvalue weighted by atomic mass is 35.5. The fourth-order valence-corrected chi connectivity index (χ4v) is 2.85. The average Bonchev–Trinajstić information content (AvgIpc) is 2.71. The van der Waals surface area contributed by atoms with Crippen molar-refractivity contribution in [3.8, 4) is 0 Å². The first-order chi connectivity index (χ1) is 14.0. The molecule has 0 heterocycles. The first kappa shape index (κ1) is 24.9. The van der Waals surface area contributed by atoms with Crippen LogP contribution < -0.4 is 10.6 Å². The van der Waals surface area contributed by atoms with Crippen LogP contribution in [0.25, 0.3) is 0 Å². The Balaban J connectivity index is 2.41. The van der Waals surface area contributed by atoms with Crippen molar-refractivity contribution in [1.82, 2.24) is 10.6 Å². The Morgan fingerprint density at radius 3 is 2.52 bits per heavy atom. The Morgan fingerprint density at radius 1 is 1.10 bits per heavy atom. The van der Waals surface area contributed by atoms with Crippen LogP contribution in [0.2, 0.25) is 5.02 Å². The van der Waals surface area contributed by atoms with Gasteiger partial charge in [0.15, 0.2) is 5.78 Å². The number of benzene rings is 1. The van der Waals surface area contributed by atoms with Crippen molar-refractivity contribution in [3.63, 3.8) is 0 Å². The molecule has 0 aliphatic rings. The molecule has 0 aliphatic heterocycles. The van der Waals surface area contributed by atoms with Crippen molar-refractivity contribution < 1.29 is 4.79 Å². The third-order valence-electron chi connectivity index (χ3n) is 4.40. The average molecular weight is 415 g/mol. The summed E-state index contributed by atoms with van der Waals surface area (Å²) < 4.78 is 0. The molecule has 0 bridgehead atoms. The van der Waals surface area contributed by atoms with Crippen LogP contribution in [0.15, 0.2) is 72.1 Å². The van der Waals surface area contributed by atoms with Crippen molar-refractivity contribution in [2.24, 2.45) is 0 Å². The second kappa shape index (κ2) is 15.8. The van der Waals surface area contributed by atoms with E-state index in [4.69, 9.17) is 11.6 Å². The van der Waals surface area contributed by atoms with Gasteiger partial charge in [-0.1, -0.05) is 61.4 Å². The van der Waals surface area contributed by atoms with Crippen LogP contribution in [0.5, 0.6) is 0 Å². The van der Waals surface area contributed by atoms with Crippen LogP contribution in [-0.2, 0) is 11.2 Å². The molecule has 0 unspecified atom stereocenters. The fourth-order valence-electron chi connectivity index (χ4n) is 2.72. The number of hydrogen-bond donors (Lipinski definition) is 2. The molecule has 1 aromatic carbocycles. The molecule has 4 heteroatoms. The predicted molar refractivity (Wildman–Crippen MR) is 126 cm³/mol. The molecular weight excluding hydrogens is 380 g/mol. The summed E-state index contributed by atoms with van der Waals surface area (Å²) in [5.74, 6) is 0.0443. The number of nitrogens with one attached hydrogen (secondary N) is 2. The predicted octanol–water partition coefficient (Wildman–Crippen LogP) is 6.13. The van der Waals surface area contributed by atoms with Crippen LogP contribution in [0.1, 0.15) is 52.0 Å². The lowest BCUT2D eigenvalue weighted by Gasteiger charge is -2.07. The molecule has 0 amide bonds. The zero-order valence-electron chi connectivity index (χ0n) is 18.0. The zero-order chi connectivity index (χ0) is 21.3. The van der Waals surface area contributed by atoms with Crippen LogP contribution in [0.4, 0.5) is 0 Å². The molecule has 29 heavy (non-hydrogen) atoms. The minimum atomic E-state index is 0.0443. The van der Waals surface area contributed by atoms with Crippen molar-refractivity contribution in [2.45, 2.75) is 52.9 Å². The standard InChI is InChI=1S/C25H35ClN2O/c1-4-6-8-23(19-24-10-12-25(26)13-11-24)9-7-16-27-18-15-22(5-2)20-28-17-14-21(3)29/h6,8-14,17,20,27-28H,4-5,7,15-16,18-19H2,1-3H3/b8-6-,17-14?,22-20+,23-9+. The molecular formula is C25H35ClN2O. The summed E-state index contributed by atoms with van der Waals surface area (Å²) in [6.45, 7) is 7.75. The lowest BCUT2D eigenvalue weighted by molar-refractivity contribution is -0.112. The Hall–Kier alpha value is -2.10. The molecule has 1 aromatic rings. The highest BCUT2D eigenvalue weighted by Crippen LogP contribution is 2.14. The van der Waals surface area contributed by atoms with E-state index >= 15 is 0 Å². The second-order valence-electron chi connectivity index (χ2n) is 6.95. The Morgan fingerprint density at radius 2 is 1.86 bits per heavy atom. The molecule has 2 N–H and O–H groups in total. The van der Waals surface area contributed by atoms with Crippen LogP contribution in [0.3, 0.4) is 0 Å². The van der Waals surface area contributed by atoms with Crippen LogP contribution in [0, 0.1) is 0 Å². The van der Waals surface area contributed by atoms with E-state index in [0.717, 1.165) is 50.2 Å². The molecule has 0 saturated heterocycles. The van der Waals surface area contributed by atoms with E-state index in [1.165, 1.54) is 22.8 Å². The van der Waals surface area contributed by atoms with E-state index in [9.17, 15) is 4.79 Å². The van der Waals surface area contributed by atoms with Gasteiger partial charge in [-0.25, -0.2) is 0 Å². The van der Waals surface area contributed by atoms with E-state index in [-0.39, 0.29) is 5.78 Å². The summed E-state index contributed by atoms with van der Waals surface area (Å²) in [5, 5.41) is 7.36. The minimum Gasteiger partial charge on any atom is -0.368 e.